The average molecular weight is 297 g/mol. The highest BCUT2D eigenvalue weighted by molar-refractivity contribution is 6.02. The highest BCUT2D eigenvalue weighted by Crippen LogP contribution is 2.25. The number of ether oxygens (including phenoxy) is 1. The molecule has 1 unspecified atom stereocenters. The van der Waals surface area contributed by atoms with Gasteiger partial charge in [-0.2, -0.15) is 0 Å². The summed E-state index contributed by atoms with van der Waals surface area (Å²) >= 11 is 0. The topological polar surface area (TPSA) is 53.6 Å². The molecule has 1 aliphatic rings. The molecule has 1 atom stereocenters. The smallest absolute Gasteiger partial charge is 0.255 e. The lowest BCUT2D eigenvalue weighted by atomic mass is 10.1. The van der Waals surface area contributed by atoms with Gasteiger partial charge in [-0.15, -0.1) is 0 Å². The van der Waals surface area contributed by atoms with Crippen molar-refractivity contribution in [2.45, 2.75) is 6.17 Å². The number of anilines is 2. The molecule has 22 heavy (non-hydrogen) atoms. The molecule has 2 aromatic carbocycles. The molecular formula is C17H19N3O2. The van der Waals surface area contributed by atoms with E-state index >= 15 is 0 Å². The van der Waals surface area contributed by atoms with Crippen molar-refractivity contribution in [2.75, 3.05) is 30.9 Å². The molecule has 3 rings (SSSR count). The number of para-hydroxylation sites is 1. The van der Waals surface area contributed by atoms with Crippen molar-refractivity contribution in [1.29, 1.82) is 0 Å². The minimum Gasteiger partial charge on any atom is -0.497 e. The number of fused-ring (bicyclic) bond motifs is 1. The number of hydrogen-bond donors (Lipinski definition) is 2. The molecule has 1 aliphatic heterocycles. The predicted molar refractivity (Wildman–Crippen MR) is 87.6 cm³/mol. The van der Waals surface area contributed by atoms with Crippen LogP contribution in [0.3, 0.4) is 0 Å². The number of carbonyl (C=O) groups excluding carboxylic acids is 1. The van der Waals surface area contributed by atoms with Crippen LogP contribution < -0.4 is 20.3 Å². The molecule has 1 heterocycles. The number of rotatable bonds is 4. The first kappa shape index (κ1) is 14.3. The summed E-state index contributed by atoms with van der Waals surface area (Å²) in [5, 5.41) is 6.33. The molecule has 5 heteroatoms. The Morgan fingerprint density at radius 3 is 2.64 bits per heavy atom. The lowest BCUT2D eigenvalue weighted by Crippen LogP contribution is -2.50. The maximum Gasteiger partial charge on any atom is 0.255 e. The van der Waals surface area contributed by atoms with Crippen LogP contribution in [-0.4, -0.2) is 32.8 Å². The Balaban J connectivity index is 1.74. The summed E-state index contributed by atoms with van der Waals surface area (Å²) in [7, 11) is 3.60. The van der Waals surface area contributed by atoms with E-state index in [1.54, 1.807) is 13.2 Å². The van der Waals surface area contributed by atoms with E-state index in [-0.39, 0.29) is 12.1 Å². The number of amides is 1. The molecule has 0 aliphatic carbocycles. The third-order valence-corrected chi connectivity index (χ3v) is 3.76. The molecule has 0 saturated carbocycles. The van der Waals surface area contributed by atoms with Gasteiger partial charge in [0.25, 0.3) is 5.91 Å². The zero-order valence-corrected chi connectivity index (χ0v) is 12.7. The second-order valence-electron chi connectivity index (χ2n) is 5.30. The van der Waals surface area contributed by atoms with Crippen LogP contribution in [0, 0.1) is 0 Å². The number of carbonyl (C=O) groups is 1. The average Bonchev–Trinajstić information content (AvgIpc) is 2.55. The first-order chi connectivity index (χ1) is 10.7. The molecule has 1 amide bonds. The van der Waals surface area contributed by atoms with Gasteiger partial charge in [0.2, 0.25) is 0 Å². The second-order valence-corrected chi connectivity index (χ2v) is 5.30. The van der Waals surface area contributed by atoms with Crippen LogP contribution in [0.4, 0.5) is 11.4 Å². The Bertz CT molecular complexity index is 673. The van der Waals surface area contributed by atoms with Crippen molar-refractivity contribution in [3.8, 4) is 5.75 Å². The Morgan fingerprint density at radius 1 is 1.14 bits per heavy atom. The van der Waals surface area contributed by atoms with Crippen molar-refractivity contribution in [2.24, 2.45) is 0 Å². The molecular weight excluding hydrogens is 278 g/mol. The fourth-order valence-corrected chi connectivity index (χ4v) is 2.58. The van der Waals surface area contributed by atoms with Crippen LogP contribution in [0.15, 0.2) is 48.5 Å². The van der Waals surface area contributed by atoms with Gasteiger partial charge in [-0.3, -0.25) is 4.79 Å². The Hall–Kier alpha value is -2.69. The number of methoxy groups -OCH3 is 1. The highest BCUT2D eigenvalue weighted by atomic mass is 16.5. The predicted octanol–water partition coefficient (Wildman–Crippen LogP) is 2.31. The third-order valence-electron chi connectivity index (χ3n) is 3.76. The standard InChI is InChI=1S/C17H19N3O2/c1-20(12-6-4-3-5-7-12)11-16-18-15-9-8-13(22-2)10-14(15)17(21)19-16/h3-10,16,18H,11H2,1-2H3,(H,19,21). The van der Waals surface area contributed by atoms with Gasteiger partial charge in [-0.05, 0) is 30.3 Å². The lowest BCUT2D eigenvalue weighted by Gasteiger charge is -2.32. The van der Waals surface area contributed by atoms with Gasteiger partial charge >= 0.3 is 0 Å². The summed E-state index contributed by atoms with van der Waals surface area (Å²) in [6.45, 7) is 0.668. The summed E-state index contributed by atoms with van der Waals surface area (Å²) in [5.74, 6) is 0.592. The Kier molecular flexibility index (Phi) is 3.87. The molecule has 0 saturated heterocycles. The molecule has 114 valence electrons. The largest absolute Gasteiger partial charge is 0.497 e. The molecule has 0 spiro atoms. The Labute approximate surface area is 129 Å². The van der Waals surface area contributed by atoms with Gasteiger partial charge in [-0.25, -0.2) is 0 Å². The van der Waals surface area contributed by atoms with Gasteiger partial charge in [0.05, 0.1) is 19.2 Å². The van der Waals surface area contributed by atoms with Crippen molar-refractivity contribution in [3.05, 3.63) is 54.1 Å². The van der Waals surface area contributed by atoms with Crippen LogP contribution in [0.2, 0.25) is 0 Å². The van der Waals surface area contributed by atoms with Crippen LogP contribution in [-0.2, 0) is 0 Å². The van der Waals surface area contributed by atoms with Crippen LogP contribution in [0.25, 0.3) is 0 Å². The summed E-state index contributed by atoms with van der Waals surface area (Å²) in [6, 6.07) is 15.6. The minimum absolute atomic E-state index is 0.0842. The van der Waals surface area contributed by atoms with Crippen molar-refractivity contribution < 1.29 is 9.53 Å². The summed E-state index contributed by atoms with van der Waals surface area (Å²) in [4.78, 5) is 14.4. The SMILES string of the molecule is COc1ccc2c(c1)C(=O)NC(CN(C)c1ccccc1)N2. The molecule has 0 fully saturated rings. The van der Waals surface area contributed by atoms with E-state index < -0.39 is 0 Å². The molecule has 5 nitrogen and oxygen atoms in total. The Morgan fingerprint density at radius 2 is 1.91 bits per heavy atom. The number of likely N-dealkylation sites (N-methyl/N-ethyl adjacent to an activating group) is 1. The van der Waals surface area contributed by atoms with Gasteiger partial charge in [0, 0.05) is 18.4 Å². The lowest BCUT2D eigenvalue weighted by molar-refractivity contribution is 0.0936. The number of nitrogens with one attached hydrogen (secondary N) is 2. The van der Waals surface area contributed by atoms with E-state index in [1.165, 1.54) is 0 Å². The number of nitrogens with zero attached hydrogens (tertiary/aromatic N) is 1. The first-order valence-corrected chi connectivity index (χ1v) is 7.19. The summed E-state index contributed by atoms with van der Waals surface area (Å²) in [5.41, 5.74) is 2.55. The molecule has 2 aromatic rings. The number of benzene rings is 2. The van der Waals surface area contributed by atoms with Crippen LogP contribution in [0.1, 0.15) is 10.4 Å². The maximum atomic E-state index is 12.3. The van der Waals surface area contributed by atoms with E-state index in [4.69, 9.17) is 4.74 Å². The van der Waals surface area contributed by atoms with Gasteiger partial charge < -0.3 is 20.3 Å². The van der Waals surface area contributed by atoms with Crippen molar-refractivity contribution >= 4 is 17.3 Å². The molecule has 0 aromatic heterocycles. The third kappa shape index (κ3) is 2.83. The van der Waals surface area contributed by atoms with Crippen LogP contribution >= 0.6 is 0 Å². The monoisotopic (exact) mass is 297 g/mol. The summed E-state index contributed by atoms with van der Waals surface area (Å²) in [6.07, 6.45) is -0.140. The van der Waals surface area contributed by atoms with E-state index in [1.807, 2.05) is 49.5 Å². The molecule has 0 radical (unpaired) electrons. The second kappa shape index (κ2) is 5.97. The fourth-order valence-electron chi connectivity index (χ4n) is 2.58. The minimum atomic E-state index is -0.140. The zero-order chi connectivity index (χ0) is 15.5. The van der Waals surface area contributed by atoms with Gasteiger partial charge in [-0.1, -0.05) is 18.2 Å². The zero-order valence-electron chi connectivity index (χ0n) is 12.7. The van der Waals surface area contributed by atoms with Crippen molar-refractivity contribution in [3.63, 3.8) is 0 Å². The van der Waals surface area contributed by atoms with Gasteiger partial charge in [0.15, 0.2) is 0 Å². The van der Waals surface area contributed by atoms with E-state index in [0.29, 0.717) is 17.9 Å². The fraction of sp³-hybridized carbons (Fsp3) is 0.235. The summed E-state index contributed by atoms with van der Waals surface area (Å²) < 4.78 is 5.16. The van der Waals surface area contributed by atoms with E-state index in [0.717, 1.165) is 11.4 Å². The van der Waals surface area contributed by atoms with Gasteiger partial charge in [0.1, 0.15) is 11.9 Å². The first-order valence-electron chi connectivity index (χ1n) is 7.19. The van der Waals surface area contributed by atoms with E-state index in [9.17, 15) is 4.79 Å². The van der Waals surface area contributed by atoms with E-state index in [2.05, 4.69) is 15.5 Å². The molecule has 0 bridgehead atoms. The number of hydrogen-bond acceptors (Lipinski definition) is 4. The van der Waals surface area contributed by atoms with Crippen molar-refractivity contribution in [1.82, 2.24) is 5.32 Å². The quantitative estimate of drug-likeness (QED) is 0.909. The molecule has 2 N–H and O–H groups in total. The highest BCUT2D eigenvalue weighted by Gasteiger charge is 2.24. The maximum absolute atomic E-state index is 12.3. The normalized spacial score (nSPS) is 16.3. The van der Waals surface area contributed by atoms with Crippen LogP contribution in [0.5, 0.6) is 5.75 Å².